The number of aliphatic hydroxyl groups excluding tert-OH is 1. The van der Waals surface area contributed by atoms with E-state index in [-0.39, 0.29) is 30.2 Å². The molecule has 0 radical (unpaired) electrons. The number of nitrogens with one attached hydrogen (secondary N) is 2. The number of halogens is 2. The minimum Gasteiger partial charge on any atom is -0.390 e. The average molecular weight is 351 g/mol. The molecule has 128 valence electrons. The quantitative estimate of drug-likeness (QED) is 0.796. The van der Waals surface area contributed by atoms with E-state index in [1.54, 1.807) is 24.3 Å². The van der Waals surface area contributed by atoms with Crippen LogP contribution in [0.25, 0.3) is 11.1 Å². The Morgan fingerprint density at radius 3 is 2.25 bits per heavy atom. The van der Waals surface area contributed by atoms with Crippen LogP contribution in [0.5, 0.6) is 0 Å². The first kappa shape index (κ1) is 18.4. The number of aliphatic hydroxyl groups is 1. The Balaban J connectivity index is 0.00000208. The van der Waals surface area contributed by atoms with Crippen LogP contribution >= 0.6 is 12.4 Å². The Hall–Kier alpha value is -1.95. The normalized spacial score (nSPS) is 20.1. The number of hydrogen-bond donors (Lipinski definition) is 3. The van der Waals surface area contributed by atoms with Gasteiger partial charge in [0.1, 0.15) is 5.82 Å². The number of piperidine rings is 1. The zero-order valence-electron chi connectivity index (χ0n) is 13.0. The summed E-state index contributed by atoms with van der Waals surface area (Å²) in [6, 6.07) is 13.2. The topological polar surface area (TPSA) is 61.4 Å². The van der Waals surface area contributed by atoms with Crippen molar-refractivity contribution >= 4 is 18.3 Å². The highest BCUT2D eigenvalue weighted by Gasteiger charge is 2.24. The van der Waals surface area contributed by atoms with Gasteiger partial charge in [0.25, 0.3) is 5.91 Å². The van der Waals surface area contributed by atoms with Crippen LogP contribution in [0.3, 0.4) is 0 Å². The summed E-state index contributed by atoms with van der Waals surface area (Å²) in [4.78, 5) is 12.3. The number of β-amino-alcohol motifs (C(OH)–C–C–N with tert-alkyl or cyclic N) is 1. The first-order valence-corrected chi connectivity index (χ1v) is 7.69. The summed E-state index contributed by atoms with van der Waals surface area (Å²) in [5.41, 5.74) is 2.36. The molecule has 1 fully saturated rings. The molecule has 0 aromatic heterocycles. The van der Waals surface area contributed by atoms with E-state index < -0.39 is 6.10 Å². The summed E-state index contributed by atoms with van der Waals surface area (Å²) < 4.78 is 12.9. The molecule has 6 heteroatoms. The molecule has 0 saturated carbocycles. The van der Waals surface area contributed by atoms with Crippen LogP contribution in [0.2, 0.25) is 0 Å². The van der Waals surface area contributed by atoms with Crippen LogP contribution in [-0.4, -0.2) is 36.2 Å². The highest BCUT2D eigenvalue weighted by atomic mass is 35.5. The first-order chi connectivity index (χ1) is 11.1. The Morgan fingerprint density at radius 1 is 1.08 bits per heavy atom. The fourth-order valence-corrected chi connectivity index (χ4v) is 2.72. The second-order valence-corrected chi connectivity index (χ2v) is 5.72. The van der Waals surface area contributed by atoms with E-state index >= 15 is 0 Å². The summed E-state index contributed by atoms with van der Waals surface area (Å²) in [6.45, 7) is 1.28. The summed E-state index contributed by atoms with van der Waals surface area (Å²) in [5.74, 6) is -0.466. The molecule has 2 atom stereocenters. The van der Waals surface area contributed by atoms with Gasteiger partial charge in [-0.25, -0.2) is 4.39 Å². The molecule has 1 aliphatic heterocycles. The van der Waals surface area contributed by atoms with Gasteiger partial charge < -0.3 is 15.7 Å². The van der Waals surface area contributed by atoms with E-state index in [1.165, 1.54) is 12.1 Å². The molecule has 3 N–H and O–H groups in total. The van der Waals surface area contributed by atoms with E-state index in [4.69, 9.17) is 0 Å². The van der Waals surface area contributed by atoms with Crippen molar-refractivity contribution in [3.8, 4) is 11.1 Å². The minimum absolute atomic E-state index is 0. The third kappa shape index (κ3) is 4.32. The largest absolute Gasteiger partial charge is 0.390 e. The summed E-state index contributed by atoms with van der Waals surface area (Å²) in [6.07, 6.45) is 0.145. The Labute approximate surface area is 146 Å². The van der Waals surface area contributed by atoms with E-state index in [9.17, 15) is 14.3 Å². The second kappa shape index (κ2) is 8.24. The Bertz CT molecular complexity index is 676. The van der Waals surface area contributed by atoms with Gasteiger partial charge in [0.05, 0.1) is 12.1 Å². The highest BCUT2D eigenvalue weighted by molar-refractivity contribution is 5.94. The molecule has 1 heterocycles. The third-order valence-electron chi connectivity index (χ3n) is 4.09. The van der Waals surface area contributed by atoms with Crippen molar-refractivity contribution in [3.63, 3.8) is 0 Å². The Morgan fingerprint density at radius 2 is 1.67 bits per heavy atom. The molecule has 0 spiro atoms. The van der Waals surface area contributed by atoms with Gasteiger partial charge in [-0.2, -0.15) is 0 Å². The molecular weight excluding hydrogens is 331 g/mol. The molecule has 24 heavy (non-hydrogen) atoms. The number of rotatable bonds is 3. The third-order valence-corrected chi connectivity index (χ3v) is 4.09. The van der Waals surface area contributed by atoms with Crippen LogP contribution < -0.4 is 10.6 Å². The molecule has 0 bridgehead atoms. The molecule has 0 unspecified atom stereocenters. The molecule has 3 rings (SSSR count). The van der Waals surface area contributed by atoms with E-state index in [0.717, 1.165) is 17.7 Å². The van der Waals surface area contributed by atoms with Gasteiger partial charge >= 0.3 is 0 Å². The van der Waals surface area contributed by atoms with Crippen LogP contribution in [0.15, 0.2) is 48.5 Å². The molecule has 1 saturated heterocycles. The van der Waals surface area contributed by atoms with Crippen molar-refractivity contribution in [2.75, 3.05) is 13.1 Å². The lowest BCUT2D eigenvalue weighted by Gasteiger charge is -2.29. The summed E-state index contributed by atoms with van der Waals surface area (Å²) in [7, 11) is 0. The first-order valence-electron chi connectivity index (χ1n) is 7.69. The predicted octanol–water partition coefficient (Wildman–Crippen LogP) is 2.37. The molecule has 1 amide bonds. The van der Waals surface area contributed by atoms with Gasteiger partial charge in [-0.3, -0.25) is 4.79 Å². The maximum atomic E-state index is 12.9. The SMILES string of the molecule is Cl.O=C(N[C@@H]1CCNC[C@H]1O)c1ccc(-c2ccc(F)cc2)cc1. The highest BCUT2D eigenvalue weighted by Crippen LogP contribution is 2.20. The van der Waals surface area contributed by atoms with Crippen molar-refractivity contribution in [2.24, 2.45) is 0 Å². The van der Waals surface area contributed by atoms with Crippen molar-refractivity contribution in [3.05, 3.63) is 59.9 Å². The van der Waals surface area contributed by atoms with E-state index in [0.29, 0.717) is 18.5 Å². The predicted molar refractivity (Wildman–Crippen MR) is 93.8 cm³/mol. The smallest absolute Gasteiger partial charge is 0.251 e. The second-order valence-electron chi connectivity index (χ2n) is 5.72. The van der Waals surface area contributed by atoms with Crippen LogP contribution in [-0.2, 0) is 0 Å². The number of benzene rings is 2. The van der Waals surface area contributed by atoms with Crippen molar-refractivity contribution in [1.29, 1.82) is 0 Å². The number of amides is 1. The fourth-order valence-electron chi connectivity index (χ4n) is 2.72. The van der Waals surface area contributed by atoms with Gasteiger partial charge in [-0.15, -0.1) is 12.4 Å². The fraction of sp³-hybridized carbons (Fsp3) is 0.278. The number of hydrogen-bond acceptors (Lipinski definition) is 3. The zero-order valence-corrected chi connectivity index (χ0v) is 13.9. The lowest BCUT2D eigenvalue weighted by Crippen LogP contribution is -2.52. The summed E-state index contributed by atoms with van der Waals surface area (Å²) in [5, 5.41) is 15.8. The van der Waals surface area contributed by atoms with Gasteiger partial charge in [0.2, 0.25) is 0 Å². The number of carbonyl (C=O) groups is 1. The van der Waals surface area contributed by atoms with Crippen LogP contribution in [0.4, 0.5) is 4.39 Å². The maximum Gasteiger partial charge on any atom is 0.251 e. The minimum atomic E-state index is -0.564. The molecular formula is C18H20ClFN2O2. The lowest BCUT2D eigenvalue weighted by atomic mass is 10.0. The average Bonchev–Trinajstić information content (AvgIpc) is 2.58. The van der Waals surface area contributed by atoms with Gasteiger partial charge in [0, 0.05) is 12.1 Å². The van der Waals surface area contributed by atoms with Crippen molar-refractivity contribution < 1.29 is 14.3 Å². The summed E-state index contributed by atoms with van der Waals surface area (Å²) >= 11 is 0. The lowest BCUT2D eigenvalue weighted by molar-refractivity contribution is 0.0765. The standard InChI is InChI=1S/C18H19FN2O2.ClH/c19-15-7-5-13(6-8-15)12-1-3-14(4-2-12)18(23)21-16-9-10-20-11-17(16)22;/h1-8,16-17,20,22H,9-11H2,(H,21,23);1H/t16-,17-;/m1./s1. The van der Waals surface area contributed by atoms with E-state index in [2.05, 4.69) is 10.6 Å². The molecule has 2 aromatic carbocycles. The number of carbonyl (C=O) groups excluding carboxylic acids is 1. The van der Waals surface area contributed by atoms with Crippen molar-refractivity contribution in [1.82, 2.24) is 10.6 Å². The monoisotopic (exact) mass is 350 g/mol. The zero-order chi connectivity index (χ0) is 16.2. The van der Waals surface area contributed by atoms with Crippen LogP contribution in [0, 0.1) is 5.82 Å². The van der Waals surface area contributed by atoms with Crippen molar-refractivity contribution in [2.45, 2.75) is 18.6 Å². The van der Waals surface area contributed by atoms with E-state index in [1.807, 2.05) is 12.1 Å². The molecule has 4 nitrogen and oxygen atoms in total. The maximum absolute atomic E-state index is 12.9. The van der Waals surface area contributed by atoms with Crippen LogP contribution in [0.1, 0.15) is 16.8 Å². The van der Waals surface area contributed by atoms with Gasteiger partial charge in [-0.1, -0.05) is 24.3 Å². The molecule has 1 aliphatic rings. The molecule has 2 aromatic rings. The molecule has 0 aliphatic carbocycles. The van der Waals surface area contributed by atoms with Gasteiger partial charge in [-0.05, 0) is 48.4 Å². The Kier molecular flexibility index (Phi) is 6.31. The van der Waals surface area contributed by atoms with Gasteiger partial charge in [0.15, 0.2) is 0 Å².